The largest absolute Gasteiger partial charge is 0.480 e. The molecular formula is C32H40F3N3O4. The summed E-state index contributed by atoms with van der Waals surface area (Å²) in [7, 11) is 0. The van der Waals surface area contributed by atoms with Crippen LogP contribution in [0.15, 0.2) is 30.3 Å². The molecule has 42 heavy (non-hydrogen) atoms. The van der Waals surface area contributed by atoms with Crippen molar-refractivity contribution >= 4 is 11.8 Å². The second-order valence-corrected chi connectivity index (χ2v) is 12.6. The number of hydrogen-bond acceptors (Lipinski definition) is 6. The van der Waals surface area contributed by atoms with E-state index in [0.29, 0.717) is 50.1 Å². The lowest BCUT2D eigenvalue weighted by atomic mass is 9.62. The first-order valence-electron chi connectivity index (χ1n) is 15.3. The molecule has 1 aliphatic carbocycles. The van der Waals surface area contributed by atoms with Gasteiger partial charge < -0.3 is 19.9 Å². The minimum atomic E-state index is -2.63. The third-order valence-corrected chi connectivity index (χ3v) is 9.39. The van der Waals surface area contributed by atoms with Gasteiger partial charge in [0.15, 0.2) is 0 Å². The Morgan fingerprint density at radius 3 is 2.83 bits per heavy atom. The van der Waals surface area contributed by atoms with E-state index in [-0.39, 0.29) is 25.6 Å². The second kappa shape index (κ2) is 12.1. The van der Waals surface area contributed by atoms with E-state index in [2.05, 4.69) is 17.4 Å². The maximum Gasteiger partial charge on any atom is 0.325 e. The van der Waals surface area contributed by atoms with Gasteiger partial charge in [-0.25, -0.2) is 18.2 Å². The lowest BCUT2D eigenvalue weighted by molar-refractivity contribution is -0.212. The van der Waals surface area contributed by atoms with Gasteiger partial charge in [0, 0.05) is 50.2 Å². The Kier molecular flexibility index (Phi) is 8.49. The highest BCUT2D eigenvalue weighted by Gasteiger charge is 2.57. The fraction of sp³-hybridized carbons (Fsp3) is 0.625. The molecule has 2 saturated heterocycles. The highest BCUT2D eigenvalue weighted by Crippen LogP contribution is 2.58. The molecule has 3 atom stereocenters. The van der Waals surface area contributed by atoms with Crippen LogP contribution in [0.3, 0.4) is 0 Å². The van der Waals surface area contributed by atoms with Crippen LogP contribution in [-0.2, 0) is 27.1 Å². The minimum absolute atomic E-state index is 0.0963. The molecular weight excluding hydrogens is 547 g/mol. The van der Waals surface area contributed by atoms with Crippen molar-refractivity contribution in [2.24, 2.45) is 5.41 Å². The molecule has 6 rings (SSSR count). The van der Waals surface area contributed by atoms with E-state index < -0.39 is 35.3 Å². The lowest BCUT2D eigenvalue weighted by Gasteiger charge is -2.51. The molecule has 0 bridgehead atoms. The Bertz CT molecular complexity index is 1270. The number of hydrogen-bond donors (Lipinski definition) is 2. The van der Waals surface area contributed by atoms with E-state index in [0.717, 1.165) is 50.2 Å². The Hall–Kier alpha value is -2.69. The van der Waals surface area contributed by atoms with E-state index >= 15 is 0 Å². The van der Waals surface area contributed by atoms with Crippen LogP contribution in [0, 0.1) is 11.2 Å². The minimum Gasteiger partial charge on any atom is -0.480 e. The molecule has 228 valence electrons. The topological polar surface area (TPSA) is 83.9 Å². The maximum absolute atomic E-state index is 14.5. The number of nitrogens with one attached hydrogen (secondary N) is 1. The number of carboxylic acids is 1. The number of pyridine rings is 1. The number of anilines is 1. The lowest BCUT2D eigenvalue weighted by Crippen LogP contribution is -2.51. The number of aromatic nitrogens is 1. The Balaban J connectivity index is 1.02. The van der Waals surface area contributed by atoms with Crippen LogP contribution in [0.25, 0.3) is 0 Å². The van der Waals surface area contributed by atoms with Crippen molar-refractivity contribution in [1.82, 2.24) is 9.88 Å². The Morgan fingerprint density at radius 1 is 1.21 bits per heavy atom. The van der Waals surface area contributed by atoms with Crippen molar-refractivity contribution in [2.45, 2.75) is 88.4 Å². The zero-order chi connectivity index (χ0) is 29.3. The summed E-state index contributed by atoms with van der Waals surface area (Å²) in [6.07, 6.45) is 5.83. The quantitative estimate of drug-likeness (QED) is 0.326. The van der Waals surface area contributed by atoms with Crippen LogP contribution in [-0.4, -0.2) is 65.8 Å². The highest BCUT2D eigenvalue weighted by atomic mass is 19.3. The molecule has 1 aromatic heterocycles. The van der Waals surface area contributed by atoms with Gasteiger partial charge in [0.1, 0.15) is 17.7 Å². The summed E-state index contributed by atoms with van der Waals surface area (Å²) in [6.45, 7) is 2.72. The van der Waals surface area contributed by atoms with Gasteiger partial charge in [-0.3, -0.25) is 9.69 Å². The maximum atomic E-state index is 14.5. The monoisotopic (exact) mass is 587 g/mol. The van der Waals surface area contributed by atoms with Crippen LogP contribution in [0.2, 0.25) is 0 Å². The molecule has 10 heteroatoms. The summed E-state index contributed by atoms with van der Waals surface area (Å²) in [6, 6.07) is 7.43. The summed E-state index contributed by atoms with van der Waals surface area (Å²) in [4.78, 5) is 19.1. The molecule has 0 radical (unpaired) electrons. The third kappa shape index (κ3) is 6.45. The second-order valence-electron chi connectivity index (χ2n) is 12.6. The predicted molar refractivity (Wildman–Crippen MR) is 151 cm³/mol. The van der Waals surface area contributed by atoms with Crippen molar-refractivity contribution in [3.63, 3.8) is 0 Å². The first-order chi connectivity index (χ1) is 20.2. The van der Waals surface area contributed by atoms with Crippen molar-refractivity contribution < 1.29 is 32.5 Å². The standard InChI is InChI=1S/C32H40F3N3O4/c33-22-7-9-25(27-10-12-31(20-42-27)18-32(34,35)19-31)26(16-22)28(30(39)40)38-14-11-24(17-38)41-15-2-1-5-23-8-6-21-4-3-13-36-29(21)37-23/h6-9,16,24,27-28H,1-5,10-15,17-20H2,(H,36,37)(H,39,40)/t24-,27+,28+/m1/s1. The zero-order valence-corrected chi connectivity index (χ0v) is 23.9. The molecule has 1 saturated carbocycles. The Labute approximate surface area is 244 Å². The number of nitrogens with zero attached hydrogens (tertiary/aromatic N) is 2. The number of benzene rings is 1. The van der Waals surface area contributed by atoms with Crippen LogP contribution < -0.4 is 5.32 Å². The number of likely N-dealkylation sites (tertiary alicyclic amines) is 1. The summed E-state index contributed by atoms with van der Waals surface area (Å²) >= 11 is 0. The smallest absolute Gasteiger partial charge is 0.325 e. The van der Waals surface area contributed by atoms with Gasteiger partial charge in [0.2, 0.25) is 5.92 Å². The molecule has 7 nitrogen and oxygen atoms in total. The van der Waals surface area contributed by atoms with E-state index in [4.69, 9.17) is 14.5 Å². The van der Waals surface area contributed by atoms with E-state index in [1.165, 1.54) is 17.7 Å². The zero-order valence-electron chi connectivity index (χ0n) is 23.9. The van der Waals surface area contributed by atoms with E-state index in [9.17, 15) is 23.1 Å². The molecule has 1 spiro atoms. The van der Waals surface area contributed by atoms with Gasteiger partial charge in [-0.1, -0.05) is 12.1 Å². The number of unbranched alkanes of at least 4 members (excludes halogenated alkanes) is 1. The first kappa shape index (κ1) is 29.4. The average Bonchev–Trinajstić information content (AvgIpc) is 3.40. The average molecular weight is 588 g/mol. The summed E-state index contributed by atoms with van der Waals surface area (Å²) in [5, 5.41) is 13.6. The number of fused-ring (bicyclic) bond motifs is 1. The summed E-state index contributed by atoms with van der Waals surface area (Å²) in [5.74, 6) is -3.18. The predicted octanol–water partition coefficient (Wildman–Crippen LogP) is 6.09. The van der Waals surface area contributed by atoms with E-state index in [1.54, 1.807) is 6.07 Å². The number of aliphatic carboxylic acids is 1. The van der Waals surface area contributed by atoms with E-state index in [1.807, 2.05) is 4.90 Å². The number of halogens is 3. The highest BCUT2D eigenvalue weighted by molar-refractivity contribution is 5.76. The van der Waals surface area contributed by atoms with Gasteiger partial charge in [-0.15, -0.1) is 0 Å². The number of alkyl halides is 2. The normalized spacial score (nSPS) is 25.4. The molecule has 4 heterocycles. The number of aryl methyl sites for hydroxylation is 2. The molecule has 1 aromatic carbocycles. The van der Waals surface area contributed by atoms with Gasteiger partial charge in [-0.05, 0) is 86.3 Å². The summed E-state index contributed by atoms with van der Waals surface area (Å²) < 4.78 is 53.7. The van der Waals surface area contributed by atoms with Gasteiger partial charge >= 0.3 is 5.97 Å². The molecule has 3 aliphatic heterocycles. The van der Waals surface area contributed by atoms with Crippen LogP contribution >= 0.6 is 0 Å². The molecule has 0 amide bonds. The number of rotatable bonds is 10. The molecule has 2 N–H and O–H groups in total. The fourth-order valence-electron chi connectivity index (χ4n) is 7.29. The third-order valence-electron chi connectivity index (χ3n) is 9.39. The van der Waals surface area contributed by atoms with Crippen molar-refractivity contribution in [3.8, 4) is 0 Å². The molecule has 4 aliphatic rings. The Morgan fingerprint density at radius 2 is 2.07 bits per heavy atom. The molecule has 0 unspecified atom stereocenters. The molecule has 2 aromatic rings. The van der Waals surface area contributed by atoms with Crippen LogP contribution in [0.1, 0.15) is 85.9 Å². The SMILES string of the molecule is O=C(O)[C@H](c1cc(F)ccc1[C@@H]1CCC2(CO1)CC(F)(F)C2)N1CC[C@@H](OCCCCc2ccc3c(n2)NCCC3)C1. The number of ether oxygens (including phenoxy) is 2. The summed E-state index contributed by atoms with van der Waals surface area (Å²) in [5.41, 5.74) is 2.85. The molecule has 3 fully saturated rings. The van der Waals surface area contributed by atoms with Crippen LogP contribution in [0.4, 0.5) is 19.0 Å². The fourth-order valence-corrected chi connectivity index (χ4v) is 7.29. The van der Waals surface area contributed by atoms with Crippen molar-refractivity contribution in [3.05, 3.63) is 58.5 Å². The number of carboxylic acid groups (broad SMARTS) is 1. The van der Waals surface area contributed by atoms with Gasteiger partial charge in [-0.2, -0.15) is 0 Å². The van der Waals surface area contributed by atoms with Gasteiger partial charge in [0.05, 0.1) is 18.8 Å². The van der Waals surface area contributed by atoms with Crippen molar-refractivity contribution in [1.29, 1.82) is 0 Å². The van der Waals surface area contributed by atoms with Gasteiger partial charge in [0.25, 0.3) is 0 Å². The first-order valence-corrected chi connectivity index (χ1v) is 15.3. The van der Waals surface area contributed by atoms with Crippen LogP contribution in [0.5, 0.6) is 0 Å². The number of carbonyl (C=O) groups is 1. The van der Waals surface area contributed by atoms with Crippen molar-refractivity contribution in [2.75, 3.05) is 38.2 Å².